The lowest BCUT2D eigenvalue weighted by Gasteiger charge is -2.18. The average molecular weight is 229 g/mol. The standard InChI is InChI=1S/C12H11N3O2/c16-11-9-3-1-2-4-10(9)12(17)15(11)6-8-5-13-7-14-8/h1-4,7-8H,5-6H2,(H,13,14). The number of fused-ring (bicyclic) bond motifs is 1. The number of aliphatic imine (C=N–C) groups is 1. The Balaban J connectivity index is 1.85. The number of nitrogens with one attached hydrogen (secondary N) is 1. The summed E-state index contributed by atoms with van der Waals surface area (Å²) in [6, 6.07) is 6.95. The van der Waals surface area contributed by atoms with Crippen LogP contribution in [0.3, 0.4) is 0 Å². The van der Waals surface area contributed by atoms with Gasteiger partial charge in [0.05, 0.1) is 36.6 Å². The van der Waals surface area contributed by atoms with E-state index in [9.17, 15) is 9.59 Å². The first-order chi connectivity index (χ1) is 8.27. The summed E-state index contributed by atoms with van der Waals surface area (Å²) in [5.74, 6) is -0.418. The number of imide groups is 1. The van der Waals surface area contributed by atoms with Gasteiger partial charge in [-0.1, -0.05) is 12.1 Å². The van der Waals surface area contributed by atoms with Crippen molar-refractivity contribution >= 4 is 18.2 Å². The quantitative estimate of drug-likeness (QED) is 0.741. The molecule has 2 amide bonds. The second-order valence-electron chi connectivity index (χ2n) is 4.12. The van der Waals surface area contributed by atoms with Gasteiger partial charge in [-0.25, -0.2) is 0 Å². The largest absolute Gasteiger partial charge is 0.370 e. The Bertz CT molecular complexity index is 481. The van der Waals surface area contributed by atoms with Crippen LogP contribution in [-0.4, -0.2) is 42.2 Å². The number of rotatable bonds is 2. The van der Waals surface area contributed by atoms with Crippen molar-refractivity contribution in [3.05, 3.63) is 35.4 Å². The number of carbonyl (C=O) groups excluding carboxylic acids is 2. The van der Waals surface area contributed by atoms with Crippen molar-refractivity contribution in [2.75, 3.05) is 13.1 Å². The molecule has 0 radical (unpaired) electrons. The van der Waals surface area contributed by atoms with Gasteiger partial charge in [-0.15, -0.1) is 0 Å². The molecule has 0 aromatic heterocycles. The topological polar surface area (TPSA) is 61.8 Å². The summed E-state index contributed by atoms with van der Waals surface area (Å²) in [5.41, 5.74) is 0.993. The Hall–Kier alpha value is -2.17. The van der Waals surface area contributed by atoms with E-state index >= 15 is 0 Å². The minimum absolute atomic E-state index is 0.0391. The summed E-state index contributed by atoms with van der Waals surface area (Å²) in [5, 5.41) is 3.01. The van der Waals surface area contributed by atoms with Crippen LogP contribution in [0.4, 0.5) is 0 Å². The molecule has 5 nitrogen and oxygen atoms in total. The Labute approximate surface area is 98.1 Å². The summed E-state index contributed by atoms with van der Waals surface area (Å²) >= 11 is 0. The Morgan fingerprint density at radius 1 is 1.24 bits per heavy atom. The van der Waals surface area contributed by atoms with Crippen LogP contribution in [0.1, 0.15) is 20.7 Å². The van der Waals surface area contributed by atoms with Crippen molar-refractivity contribution in [1.82, 2.24) is 10.2 Å². The summed E-state index contributed by atoms with van der Waals surface area (Å²) in [7, 11) is 0. The summed E-state index contributed by atoms with van der Waals surface area (Å²) < 4.78 is 0. The maximum atomic E-state index is 12.0. The molecule has 0 fully saturated rings. The number of carbonyl (C=O) groups is 2. The van der Waals surface area contributed by atoms with Gasteiger partial charge >= 0.3 is 0 Å². The van der Waals surface area contributed by atoms with E-state index in [0.29, 0.717) is 24.2 Å². The molecule has 0 saturated carbocycles. The Kier molecular flexibility index (Phi) is 2.18. The first kappa shape index (κ1) is 10.0. The highest BCUT2D eigenvalue weighted by Gasteiger charge is 2.36. The monoisotopic (exact) mass is 229 g/mol. The minimum Gasteiger partial charge on any atom is -0.370 e. The summed E-state index contributed by atoms with van der Waals surface area (Å²) in [6.45, 7) is 0.972. The normalized spacial score (nSPS) is 21.9. The Morgan fingerprint density at radius 2 is 1.88 bits per heavy atom. The zero-order valence-corrected chi connectivity index (χ0v) is 9.09. The van der Waals surface area contributed by atoms with Crippen LogP contribution in [0, 0.1) is 0 Å². The summed E-state index contributed by atoms with van der Waals surface area (Å²) in [4.78, 5) is 29.4. The third-order valence-electron chi connectivity index (χ3n) is 3.01. The lowest BCUT2D eigenvalue weighted by Crippen LogP contribution is -2.42. The SMILES string of the molecule is O=C1c2ccccc2C(=O)N1CC1CN=CN1. The molecule has 2 heterocycles. The molecule has 0 aliphatic carbocycles. The molecule has 1 unspecified atom stereocenters. The van der Waals surface area contributed by atoms with E-state index in [4.69, 9.17) is 0 Å². The average Bonchev–Trinajstić information content (AvgIpc) is 2.94. The van der Waals surface area contributed by atoms with E-state index in [1.54, 1.807) is 30.6 Å². The molecule has 5 heteroatoms. The molecule has 1 aromatic carbocycles. The molecule has 86 valence electrons. The highest BCUT2D eigenvalue weighted by molar-refractivity contribution is 6.21. The number of nitrogens with zero attached hydrogens (tertiary/aromatic N) is 2. The van der Waals surface area contributed by atoms with Crippen molar-refractivity contribution in [3.63, 3.8) is 0 Å². The first-order valence-electron chi connectivity index (χ1n) is 5.47. The molecule has 1 aromatic rings. The molecule has 3 rings (SSSR count). The highest BCUT2D eigenvalue weighted by atomic mass is 16.2. The van der Waals surface area contributed by atoms with E-state index in [1.807, 2.05) is 0 Å². The van der Waals surface area contributed by atoms with Crippen LogP contribution in [0.15, 0.2) is 29.3 Å². The van der Waals surface area contributed by atoms with E-state index in [2.05, 4.69) is 10.3 Å². The number of hydrogen-bond donors (Lipinski definition) is 1. The van der Waals surface area contributed by atoms with E-state index in [-0.39, 0.29) is 17.9 Å². The Morgan fingerprint density at radius 3 is 2.41 bits per heavy atom. The van der Waals surface area contributed by atoms with Gasteiger partial charge in [0, 0.05) is 0 Å². The fraction of sp³-hybridized carbons (Fsp3) is 0.250. The van der Waals surface area contributed by atoms with E-state index in [0.717, 1.165) is 0 Å². The van der Waals surface area contributed by atoms with Crippen LogP contribution in [0.5, 0.6) is 0 Å². The maximum absolute atomic E-state index is 12.0. The number of amides is 2. The molecule has 0 saturated heterocycles. The lowest BCUT2D eigenvalue weighted by atomic mass is 10.1. The predicted molar refractivity (Wildman–Crippen MR) is 62.1 cm³/mol. The van der Waals surface area contributed by atoms with Gasteiger partial charge in [0.15, 0.2) is 0 Å². The van der Waals surface area contributed by atoms with Gasteiger partial charge in [0.1, 0.15) is 0 Å². The fourth-order valence-corrected chi connectivity index (χ4v) is 2.13. The first-order valence-corrected chi connectivity index (χ1v) is 5.47. The fourth-order valence-electron chi connectivity index (χ4n) is 2.13. The zero-order chi connectivity index (χ0) is 11.8. The van der Waals surface area contributed by atoms with E-state index in [1.165, 1.54) is 4.90 Å². The highest BCUT2D eigenvalue weighted by Crippen LogP contribution is 2.22. The molecule has 0 spiro atoms. The van der Waals surface area contributed by atoms with E-state index < -0.39 is 0 Å². The van der Waals surface area contributed by atoms with Crippen LogP contribution in [0.2, 0.25) is 0 Å². The third kappa shape index (κ3) is 1.51. The van der Waals surface area contributed by atoms with Crippen molar-refractivity contribution in [2.24, 2.45) is 4.99 Å². The van der Waals surface area contributed by atoms with Gasteiger partial charge in [0.2, 0.25) is 0 Å². The second kappa shape index (κ2) is 3.69. The minimum atomic E-state index is -0.209. The second-order valence-corrected chi connectivity index (χ2v) is 4.12. The maximum Gasteiger partial charge on any atom is 0.261 e. The third-order valence-corrected chi connectivity index (χ3v) is 3.01. The number of hydrogen-bond acceptors (Lipinski definition) is 4. The van der Waals surface area contributed by atoms with Gasteiger partial charge in [-0.3, -0.25) is 19.5 Å². The van der Waals surface area contributed by atoms with Crippen LogP contribution in [0.25, 0.3) is 0 Å². The van der Waals surface area contributed by atoms with Crippen molar-refractivity contribution in [1.29, 1.82) is 0 Å². The molecular formula is C12H11N3O2. The van der Waals surface area contributed by atoms with Crippen molar-refractivity contribution in [2.45, 2.75) is 6.04 Å². The lowest BCUT2D eigenvalue weighted by molar-refractivity contribution is 0.0644. The molecule has 0 bridgehead atoms. The summed E-state index contributed by atoms with van der Waals surface area (Å²) in [6.07, 6.45) is 1.61. The van der Waals surface area contributed by atoms with Gasteiger partial charge < -0.3 is 5.32 Å². The zero-order valence-electron chi connectivity index (χ0n) is 9.09. The molecule has 2 aliphatic rings. The van der Waals surface area contributed by atoms with Gasteiger partial charge in [-0.05, 0) is 12.1 Å². The van der Waals surface area contributed by atoms with Crippen LogP contribution < -0.4 is 5.32 Å². The van der Waals surface area contributed by atoms with Crippen molar-refractivity contribution < 1.29 is 9.59 Å². The predicted octanol–water partition coefficient (Wildman–Crippen LogP) is 0.283. The molecule has 1 N–H and O–H groups in total. The van der Waals surface area contributed by atoms with Crippen LogP contribution >= 0.6 is 0 Å². The molecule has 17 heavy (non-hydrogen) atoms. The van der Waals surface area contributed by atoms with Gasteiger partial charge in [0.25, 0.3) is 11.8 Å². The van der Waals surface area contributed by atoms with Crippen molar-refractivity contribution in [3.8, 4) is 0 Å². The number of benzene rings is 1. The van der Waals surface area contributed by atoms with Gasteiger partial charge in [-0.2, -0.15) is 0 Å². The molecule has 2 aliphatic heterocycles. The molecule has 1 atom stereocenters. The molecular weight excluding hydrogens is 218 g/mol. The smallest absolute Gasteiger partial charge is 0.261 e. The van der Waals surface area contributed by atoms with Crippen LogP contribution in [-0.2, 0) is 0 Å².